The SMILES string of the molecule is C#CC1=CS(=O)(=O)N(C)C1. The largest absolute Gasteiger partial charge is 0.237 e. The fourth-order valence-electron chi connectivity index (χ4n) is 0.717. The lowest BCUT2D eigenvalue weighted by Gasteiger charge is -2.03. The van der Waals surface area contributed by atoms with Crippen LogP contribution in [0.4, 0.5) is 0 Å². The predicted molar refractivity (Wildman–Crippen MR) is 38.5 cm³/mol. The van der Waals surface area contributed by atoms with E-state index in [1.807, 2.05) is 0 Å². The van der Waals surface area contributed by atoms with Gasteiger partial charge in [0.2, 0.25) is 10.0 Å². The fraction of sp³-hybridized carbons (Fsp3) is 0.333. The third-order valence-corrected chi connectivity index (χ3v) is 2.88. The van der Waals surface area contributed by atoms with Crippen LogP contribution in [0.3, 0.4) is 0 Å². The minimum atomic E-state index is -3.16. The number of likely N-dealkylation sites (N-methyl/N-ethyl adjacent to an activating group) is 1. The minimum absolute atomic E-state index is 0.332. The number of rotatable bonds is 0. The van der Waals surface area contributed by atoms with Crippen molar-refractivity contribution in [2.75, 3.05) is 13.6 Å². The maximum atomic E-state index is 10.9. The lowest BCUT2D eigenvalue weighted by Crippen LogP contribution is -2.20. The first-order valence-electron chi connectivity index (χ1n) is 2.70. The summed E-state index contributed by atoms with van der Waals surface area (Å²) >= 11 is 0. The second-order valence-corrected chi connectivity index (χ2v) is 3.98. The third kappa shape index (κ3) is 1.06. The van der Waals surface area contributed by atoms with Crippen LogP contribution in [0.15, 0.2) is 11.0 Å². The first-order valence-corrected chi connectivity index (χ1v) is 4.20. The van der Waals surface area contributed by atoms with Crippen molar-refractivity contribution in [2.24, 2.45) is 0 Å². The van der Waals surface area contributed by atoms with Crippen molar-refractivity contribution in [2.45, 2.75) is 0 Å². The second-order valence-electron chi connectivity index (χ2n) is 2.09. The Morgan fingerprint density at radius 3 is 2.60 bits per heavy atom. The van der Waals surface area contributed by atoms with Gasteiger partial charge in [-0.3, -0.25) is 0 Å². The Morgan fingerprint density at radius 2 is 2.40 bits per heavy atom. The maximum Gasteiger partial charge on any atom is 0.237 e. The molecule has 0 spiro atoms. The molecule has 0 saturated heterocycles. The summed E-state index contributed by atoms with van der Waals surface area (Å²) in [5, 5.41) is 1.12. The standard InChI is InChI=1S/C6H7NO2S/c1-3-6-4-7(2)10(8,9)5-6/h1,5H,4H2,2H3. The van der Waals surface area contributed by atoms with Gasteiger partial charge >= 0.3 is 0 Å². The molecule has 1 aliphatic heterocycles. The average molecular weight is 157 g/mol. The summed E-state index contributed by atoms with van der Waals surface area (Å²) in [6, 6.07) is 0. The topological polar surface area (TPSA) is 37.4 Å². The van der Waals surface area contributed by atoms with E-state index in [0.717, 1.165) is 5.41 Å². The molecule has 1 heterocycles. The Labute approximate surface area is 60.4 Å². The van der Waals surface area contributed by atoms with Gasteiger partial charge < -0.3 is 0 Å². The van der Waals surface area contributed by atoms with E-state index in [0.29, 0.717) is 12.1 Å². The Kier molecular flexibility index (Phi) is 1.55. The number of sulfonamides is 1. The van der Waals surface area contributed by atoms with Crippen LogP contribution in [0.25, 0.3) is 0 Å². The molecule has 0 aromatic rings. The molecule has 0 atom stereocenters. The van der Waals surface area contributed by atoms with Crippen LogP contribution in [0.2, 0.25) is 0 Å². The predicted octanol–water partition coefficient (Wildman–Crippen LogP) is -0.221. The molecule has 0 bridgehead atoms. The lowest BCUT2D eigenvalue weighted by atomic mass is 10.3. The van der Waals surface area contributed by atoms with E-state index >= 15 is 0 Å². The van der Waals surface area contributed by atoms with Crippen molar-refractivity contribution in [1.29, 1.82) is 0 Å². The smallest absolute Gasteiger partial charge is 0.207 e. The third-order valence-electron chi connectivity index (χ3n) is 1.30. The highest BCUT2D eigenvalue weighted by Crippen LogP contribution is 2.13. The molecule has 54 valence electrons. The van der Waals surface area contributed by atoms with E-state index in [1.54, 1.807) is 0 Å². The van der Waals surface area contributed by atoms with E-state index in [1.165, 1.54) is 11.4 Å². The molecular formula is C6H7NO2S. The molecule has 0 saturated carbocycles. The molecule has 4 heteroatoms. The molecule has 10 heavy (non-hydrogen) atoms. The highest BCUT2D eigenvalue weighted by molar-refractivity contribution is 7.92. The fourth-order valence-corrected chi connectivity index (χ4v) is 1.72. The summed E-state index contributed by atoms with van der Waals surface area (Å²) in [5.41, 5.74) is 0.516. The van der Waals surface area contributed by atoms with Crippen molar-refractivity contribution in [3.63, 3.8) is 0 Å². The highest BCUT2D eigenvalue weighted by Gasteiger charge is 2.23. The van der Waals surface area contributed by atoms with Crippen molar-refractivity contribution in [1.82, 2.24) is 4.31 Å². The molecule has 0 radical (unpaired) electrons. The van der Waals surface area contributed by atoms with Crippen molar-refractivity contribution in [3.8, 4) is 12.3 Å². The first kappa shape index (κ1) is 7.32. The van der Waals surface area contributed by atoms with Gasteiger partial charge in [-0.15, -0.1) is 6.42 Å². The Hall–Kier alpha value is -0.790. The Morgan fingerprint density at radius 1 is 1.80 bits per heavy atom. The number of hydrogen-bond donors (Lipinski definition) is 0. The van der Waals surface area contributed by atoms with E-state index in [4.69, 9.17) is 6.42 Å². The second kappa shape index (κ2) is 2.11. The van der Waals surface area contributed by atoms with Gasteiger partial charge in [-0.2, -0.15) is 4.31 Å². The number of nitrogens with zero attached hydrogens (tertiary/aromatic N) is 1. The van der Waals surface area contributed by atoms with Gasteiger partial charge in [0.05, 0.1) is 5.41 Å². The van der Waals surface area contributed by atoms with E-state index in [-0.39, 0.29) is 0 Å². The molecule has 1 rings (SSSR count). The van der Waals surface area contributed by atoms with Crippen LogP contribution in [0, 0.1) is 12.3 Å². The van der Waals surface area contributed by atoms with Gasteiger partial charge in [0.15, 0.2) is 0 Å². The van der Waals surface area contributed by atoms with Crippen LogP contribution in [-0.2, 0) is 10.0 Å². The van der Waals surface area contributed by atoms with E-state index < -0.39 is 10.0 Å². The Balaban J connectivity index is 3.07. The molecule has 3 nitrogen and oxygen atoms in total. The monoisotopic (exact) mass is 157 g/mol. The van der Waals surface area contributed by atoms with Gasteiger partial charge in [-0.1, -0.05) is 5.92 Å². The summed E-state index contributed by atoms with van der Waals surface area (Å²) in [5.74, 6) is 2.29. The first-order chi connectivity index (χ1) is 4.56. The minimum Gasteiger partial charge on any atom is -0.207 e. The lowest BCUT2D eigenvalue weighted by molar-refractivity contribution is 0.516. The van der Waals surface area contributed by atoms with Crippen LogP contribution in [0.5, 0.6) is 0 Å². The zero-order valence-corrected chi connectivity index (χ0v) is 6.35. The molecule has 0 unspecified atom stereocenters. The van der Waals surface area contributed by atoms with Gasteiger partial charge in [0.1, 0.15) is 0 Å². The van der Waals surface area contributed by atoms with Crippen LogP contribution in [-0.4, -0.2) is 26.3 Å². The van der Waals surface area contributed by atoms with E-state index in [2.05, 4.69) is 5.92 Å². The average Bonchev–Trinajstić information content (AvgIpc) is 2.08. The summed E-state index contributed by atoms with van der Waals surface area (Å²) in [4.78, 5) is 0. The molecule has 0 aromatic carbocycles. The Bertz CT molecular complexity index is 307. The molecule has 0 fully saturated rings. The molecule has 0 aromatic heterocycles. The van der Waals surface area contributed by atoms with Gasteiger partial charge in [0, 0.05) is 19.2 Å². The number of hydrogen-bond acceptors (Lipinski definition) is 2. The van der Waals surface area contributed by atoms with Crippen molar-refractivity contribution in [3.05, 3.63) is 11.0 Å². The maximum absolute atomic E-state index is 10.9. The normalized spacial score (nSPS) is 23.8. The molecule has 1 aliphatic rings. The molecular weight excluding hydrogens is 150 g/mol. The van der Waals surface area contributed by atoms with Gasteiger partial charge in [0.25, 0.3) is 0 Å². The summed E-state index contributed by atoms with van der Waals surface area (Å²) < 4.78 is 23.0. The molecule has 0 amide bonds. The highest BCUT2D eigenvalue weighted by atomic mass is 32.2. The summed E-state index contributed by atoms with van der Waals surface area (Å²) in [6.07, 6.45) is 5.01. The van der Waals surface area contributed by atoms with Crippen LogP contribution in [0.1, 0.15) is 0 Å². The quantitative estimate of drug-likeness (QED) is 0.456. The van der Waals surface area contributed by atoms with Gasteiger partial charge in [-0.05, 0) is 0 Å². The molecule has 0 aliphatic carbocycles. The van der Waals surface area contributed by atoms with Crippen molar-refractivity contribution >= 4 is 10.0 Å². The zero-order chi connectivity index (χ0) is 7.78. The molecule has 0 N–H and O–H groups in total. The summed E-state index contributed by atoms with van der Waals surface area (Å²) in [7, 11) is -1.66. The van der Waals surface area contributed by atoms with Crippen LogP contribution < -0.4 is 0 Å². The zero-order valence-electron chi connectivity index (χ0n) is 5.53. The number of terminal acetylenes is 1. The van der Waals surface area contributed by atoms with E-state index in [9.17, 15) is 8.42 Å². The van der Waals surface area contributed by atoms with Crippen molar-refractivity contribution < 1.29 is 8.42 Å². The van der Waals surface area contributed by atoms with Gasteiger partial charge in [-0.25, -0.2) is 8.42 Å². The van der Waals surface area contributed by atoms with Crippen LogP contribution >= 0.6 is 0 Å². The summed E-state index contributed by atoms with van der Waals surface area (Å²) in [6.45, 7) is 0.332.